The minimum Gasteiger partial charge on any atom is -0.399 e. The third-order valence-corrected chi connectivity index (χ3v) is 3.91. The van der Waals surface area contributed by atoms with Crippen LogP contribution in [0.5, 0.6) is 0 Å². The SMILES string of the molecule is CCc1nc2n(n1)CCCC2NC(=O)Cc1ccc(N)cc1. The summed E-state index contributed by atoms with van der Waals surface area (Å²) in [5, 5.41) is 7.54. The summed E-state index contributed by atoms with van der Waals surface area (Å²) >= 11 is 0. The molecule has 2 heterocycles. The van der Waals surface area contributed by atoms with Gasteiger partial charge in [0.2, 0.25) is 5.91 Å². The number of nitrogens with zero attached hydrogens (tertiary/aromatic N) is 3. The third kappa shape index (κ3) is 3.10. The van der Waals surface area contributed by atoms with Gasteiger partial charge in [0.05, 0.1) is 12.5 Å². The number of aromatic nitrogens is 3. The number of fused-ring (bicyclic) bond motifs is 1. The van der Waals surface area contributed by atoms with Crippen molar-refractivity contribution < 1.29 is 4.79 Å². The monoisotopic (exact) mass is 299 g/mol. The summed E-state index contributed by atoms with van der Waals surface area (Å²) in [7, 11) is 0. The minimum atomic E-state index is -0.0390. The summed E-state index contributed by atoms with van der Waals surface area (Å²) in [6, 6.07) is 7.35. The summed E-state index contributed by atoms with van der Waals surface area (Å²) in [5.74, 6) is 1.73. The fourth-order valence-corrected chi connectivity index (χ4v) is 2.75. The van der Waals surface area contributed by atoms with E-state index in [0.29, 0.717) is 12.1 Å². The van der Waals surface area contributed by atoms with Crippen molar-refractivity contribution in [2.75, 3.05) is 5.73 Å². The van der Waals surface area contributed by atoms with E-state index in [-0.39, 0.29) is 11.9 Å². The average molecular weight is 299 g/mol. The largest absolute Gasteiger partial charge is 0.399 e. The van der Waals surface area contributed by atoms with E-state index in [0.717, 1.165) is 43.0 Å². The van der Waals surface area contributed by atoms with Crippen LogP contribution in [0.15, 0.2) is 24.3 Å². The zero-order valence-electron chi connectivity index (χ0n) is 12.7. The highest BCUT2D eigenvalue weighted by Gasteiger charge is 2.25. The van der Waals surface area contributed by atoms with Crippen LogP contribution in [-0.4, -0.2) is 20.7 Å². The number of anilines is 1. The molecule has 1 amide bonds. The second-order valence-corrected chi connectivity index (χ2v) is 5.64. The molecule has 22 heavy (non-hydrogen) atoms. The van der Waals surface area contributed by atoms with E-state index in [9.17, 15) is 4.79 Å². The van der Waals surface area contributed by atoms with Crippen LogP contribution < -0.4 is 11.1 Å². The van der Waals surface area contributed by atoms with Gasteiger partial charge in [-0.05, 0) is 30.5 Å². The molecule has 1 aliphatic rings. The van der Waals surface area contributed by atoms with Crippen LogP contribution in [0.2, 0.25) is 0 Å². The van der Waals surface area contributed by atoms with E-state index in [4.69, 9.17) is 5.73 Å². The second kappa shape index (κ2) is 6.17. The van der Waals surface area contributed by atoms with Gasteiger partial charge in [-0.1, -0.05) is 19.1 Å². The molecule has 1 aliphatic heterocycles. The topological polar surface area (TPSA) is 85.8 Å². The lowest BCUT2D eigenvalue weighted by atomic mass is 10.1. The Morgan fingerprint density at radius 3 is 2.91 bits per heavy atom. The first-order valence-electron chi connectivity index (χ1n) is 7.73. The molecule has 6 heteroatoms. The number of hydrogen-bond acceptors (Lipinski definition) is 4. The molecule has 2 aromatic rings. The molecule has 0 fully saturated rings. The number of benzene rings is 1. The Kier molecular flexibility index (Phi) is 4.09. The number of nitrogen functional groups attached to an aromatic ring is 1. The van der Waals surface area contributed by atoms with Gasteiger partial charge in [0, 0.05) is 18.7 Å². The molecular weight excluding hydrogens is 278 g/mol. The summed E-state index contributed by atoms with van der Waals surface area (Å²) in [5.41, 5.74) is 7.32. The summed E-state index contributed by atoms with van der Waals surface area (Å²) in [4.78, 5) is 16.8. The molecule has 1 aromatic heterocycles. The molecule has 0 saturated heterocycles. The standard InChI is InChI=1S/C16H21N5O/c1-2-14-19-16-13(4-3-9-21(16)20-14)18-15(22)10-11-5-7-12(17)8-6-11/h5-8,13H,2-4,9-10,17H2,1H3,(H,18,22). The fraction of sp³-hybridized carbons (Fsp3) is 0.438. The average Bonchev–Trinajstić information content (AvgIpc) is 2.94. The van der Waals surface area contributed by atoms with Gasteiger partial charge in [-0.25, -0.2) is 9.67 Å². The predicted octanol–water partition coefficient (Wildman–Crippen LogP) is 1.62. The van der Waals surface area contributed by atoms with Crippen molar-refractivity contribution in [2.45, 2.75) is 45.2 Å². The highest BCUT2D eigenvalue weighted by atomic mass is 16.1. The Balaban J connectivity index is 1.67. The Labute approximate surface area is 129 Å². The predicted molar refractivity (Wildman–Crippen MR) is 84.1 cm³/mol. The van der Waals surface area contributed by atoms with Gasteiger partial charge in [0.25, 0.3) is 0 Å². The van der Waals surface area contributed by atoms with Crippen molar-refractivity contribution in [3.63, 3.8) is 0 Å². The van der Waals surface area contributed by atoms with Crippen LogP contribution in [0.1, 0.15) is 43.0 Å². The Morgan fingerprint density at radius 1 is 1.41 bits per heavy atom. The quantitative estimate of drug-likeness (QED) is 0.840. The minimum absolute atomic E-state index is 0.00395. The van der Waals surface area contributed by atoms with Crippen molar-refractivity contribution in [2.24, 2.45) is 0 Å². The zero-order valence-corrected chi connectivity index (χ0v) is 12.7. The number of nitrogens with two attached hydrogens (primary N) is 1. The molecule has 0 bridgehead atoms. The number of amides is 1. The molecule has 116 valence electrons. The first-order valence-corrected chi connectivity index (χ1v) is 7.73. The van der Waals surface area contributed by atoms with E-state index in [1.807, 2.05) is 35.9 Å². The smallest absolute Gasteiger partial charge is 0.225 e. The van der Waals surface area contributed by atoms with Gasteiger partial charge >= 0.3 is 0 Å². The van der Waals surface area contributed by atoms with E-state index in [2.05, 4.69) is 15.4 Å². The van der Waals surface area contributed by atoms with Gasteiger partial charge in [0.1, 0.15) is 5.82 Å². The van der Waals surface area contributed by atoms with Crippen molar-refractivity contribution in [1.29, 1.82) is 0 Å². The Morgan fingerprint density at radius 2 is 2.18 bits per heavy atom. The van der Waals surface area contributed by atoms with Crippen molar-refractivity contribution in [3.05, 3.63) is 41.5 Å². The van der Waals surface area contributed by atoms with E-state index >= 15 is 0 Å². The van der Waals surface area contributed by atoms with Gasteiger partial charge in [-0.15, -0.1) is 0 Å². The molecule has 0 saturated carbocycles. The number of carbonyl (C=O) groups is 1. The fourth-order valence-electron chi connectivity index (χ4n) is 2.75. The normalized spacial score (nSPS) is 17.0. The molecule has 0 radical (unpaired) electrons. The van der Waals surface area contributed by atoms with Gasteiger partial charge in [-0.2, -0.15) is 5.10 Å². The molecular formula is C16H21N5O. The van der Waals surface area contributed by atoms with Crippen molar-refractivity contribution >= 4 is 11.6 Å². The van der Waals surface area contributed by atoms with E-state index in [1.165, 1.54) is 0 Å². The lowest BCUT2D eigenvalue weighted by Gasteiger charge is -2.23. The lowest BCUT2D eigenvalue weighted by molar-refractivity contribution is -0.121. The molecule has 3 N–H and O–H groups in total. The van der Waals surface area contributed by atoms with Crippen LogP contribution in [0.25, 0.3) is 0 Å². The maximum atomic E-state index is 12.3. The van der Waals surface area contributed by atoms with Gasteiger partial charge in [-0.3, -0.25) is 4.79 Å². The number of aryl methyl sites for hydroxylation is 2. The Bertz CT molecular complexity index is 662. The highest BCUT2D eigenvalue weighted by molar-refractivity contribution is 5.79. The molecule has 1 unspecified atom stereocenters. The summed E-state index contributed by atoms with van der Waals surface area (Å²) < 4.78 is 1.93. The third-order valence-electron chi connectivity index (χ3n) is 3.91. The van der Waals surface area contributed by atoms with Crippen LogP contribution in [-0.2, 0) is 24.2 Å². The van der Waals surface area contributed by atoms with Crippen LogP contribution in [0.3, 0.4) is 0 Å². The first-order chi connectivity index (χ1) is 10.7. The number of carbonyl (C=O) groups excluding carboxylic acids is 1. The molecule has 0 aliphatic carbocycles. The van der Waals surface area contributed by atoms with Crippen LogP contribution in [0.4, 0.5) is 5.69 Å². The van der Waals surface area contributed by atoms with Gasteiger partial charge in [0.15, 0.2) is 5.82 Å². The summed E-state index contributed by atoms with van der Waals surface area (Å²) in [6.07, 6.45) is 3.08. The van der Waals surface area contributed by atoms with Crippen molar-refractivity contribution in [1.82, 2.24) is 20.1 Å². The Hall–Kier alpha value is -2.37. The molecule has 1 aromatic carbocycles. The molecule has 3 rings (SSSR count). The lowest BCUT2D eigenvalue weighted by Crippen LogP contribution is -2.34. The number of nitrogens with one attached hydrogen (secondary N) is 1. The molecule has 1 atom stereocenters. The van der Waals surface area contributed by atoms with Crippen LogP contribution in [0, 0.1) is 0 Å². The van der Waals surface area contributed by atoms with Crippen molar-refractivity contribution in [3.8, 4) is 0 Å². The van der Waals surface area contributed by atoms with Gasteiger partial charge < -0.3 is 11.1 Å². The number of rotatable bonds is 4. The highest BCUT2D eigenvalue weighted by Crippen LogP contribution is 2.23. The maximum absolute atomic E-state index is 12.3. The van der Waals surface area contributed by atoms with Crippen LogP contribution >= 0.6 is 0 Å². The number of hydrogen-bond donors (Lipinski definition) is 2. The second-order valence-electron chi connectivity index (χ2n) is 5.64. The molecule has 0 spiro atoms. The van der Waals surface area contributed by atoms with E-state index in [1.54, 1.807) is 0 Å². The molecule has 6 nitrogen and oxygen atoms in total. The summed E-state index contributed by atoms with van der Waals surface area (Å²) in [6.45, 7) is 2.92. The maximum Gasteiger partial charge on any atom is 0.225 e. The van der Waals surface area contributed by atoms with E-state index < -0.39 is 0 Å². The zero-order chi connectivity index (χ0) is 15.5. The first kappa shape index (κ1) is 14.6.